The molecule has 4 heavy (non-hydrogen) atoms. The lowest BCUT2D eigenvalue weighted by molar-refractivity contribution is -0.200. The summed E-state index contributed by atoms with van der Waals surface area (Å²) in [6.07, 6.45) is -0.0556. The minimum atomic E-state index is -0.0556. The number of hydrogen-bond donors (Lipinski definition) is 0. The van der Waals surface area contributed by atoms with Crippen molar-refractivity contribution in [2.45, 2.75) is 0 Å². The van der Waals surface area contributed by atoms with Gasteiger partial charge in [0.1, 0.15) is 0 Å². The maximum Gasteiger partial charge on any atom is 1.00 e. The van der Waals surface area contributed by atoms with Crippen LogP contribution < -0.4 is 5.11 Å². The molecule has 0 heterocycles. The van der Waals surface area contributed by atoms with E-state index in [1.165, 1.54) is 0 Å². The third kappa shape index (κ3) is 1.27. The average Bonchev–Trinajstić information content (AvgIpc) is 1.37. The van der Waals surface area contributed by atoms with Crippen LogP contribution in [0.5, 0.6) is 0 Å². The Morgan fingerprint density at radius 1 is 2.00 bits per heavy atom. The van der Waals surface area contributed by atoms with Crippen LogP contribution in [0.3, 0.4) is 0 Å². The quantitative estimate of drug-likeness (QED) is 0.204. The first-order chi connectivity index (χ1) is 1.91. The van der Waals surface area contributed by atoms with Crippen LogP contribution >= 0.6 is 0 Å². The fourth-order valence-corrected chi connectivity index (χ4v) is 0. The summed E-state index contributed by atoms with van der Waals surface area (Å²) < 4.78 is 0. The van der Waals surface area contributed by atoms with Crippen molar-refractivity contribution >= 4 is 6.40 Å². The molecular formula is CH2NO2-. The molecule has 0 rings (SSSR count). The monoisotopic (exact) mass is 60.0 g/mol. The van der Waals surface area contributed by atoms with Crippen molar-refractivity contribution in [3.8, 4) is 0 Å². The second-order valence-corrected chi connectivity index (χ2v) is 0.211. The van der Waals surface area contributed by atoms with Crippen molar-refractivity contribution in [1.82, 2.24) is 0 Å². The molecule has 0 fully saturated rings. The Labute approximate surface area is 24.7 Å². The van der Waals surface area contributed by atoms with Gasteiger partial charge >= 0.3 is 1.43 Å². The predicted octanol–water partition coefficient (Wildman–Crippen LogP) is -1.01. The summed E-state index contributed by atoms with van der Waals surface area (Å²) in [6, 6.07) is 0. The van der Waals surface area contributed by atoms with Gasteiger partial charge in [-0.3, -0.25) is 0 Å². The van der Waals surface area contributed by atoms with Crippen LogP contribution in [0.1, 0.15) is 1.43 Å². The molecule has 0 aromatic rings. The lowest BCUT2D eigenvalue weighted by atomic mass is 11.6. The third-order valence-corrected chi connectivity index (χ3v) is 0.0430. The SMILES string of the molecule is [H+].[O-]C=N[O-]. The highest BCUT2D eigenvalue weighted by Crippen LogP contribution is 1.35. The highest BCUT2D eigenvalue weighted by molar-refractivity contribution is 5.39. The molecule has 0 aromatic carbocycles. The standard InChI is InChI=1S/CH3NO2/c3-1-2-4/h1,4H,(H,2,3)/p-1. The van der Waals surface area contributed by atoms with Crippen LogP contribution in [0.2, 0.25) is 0 Å². The van der Waals surface area contributed by atoms with E-state index in [0.717, 1.165) is 0 Å². The van der Waals surface area contributed by atoms with Crippen molar-refractivity contribution in [3.05, 3.63) is 5.21 Å². The summed E-state index contributed by atoms with van der Waals surface area (Å²) in [7, 11) is 0. The molecule has 0 saturated carbocycles. The summed E-state index contributed by atoms with van der Waals surface area (Å²) in [5.74, 6) is 0. The molecule has 24 valence electrons. The van der Waals surface area contributed by atoms with Crippen LogP contribution in [0, 0.1) is 5.21 Å². The maximum absolute atomic E-state index is 8.69. The van der Waals surface area contributed by atoms with E-state index in [2.05, 4.69) is 0 Å². The molecule has 0 radical (unpaired) electrons. The van der Waals surface area contributed by atoms with E-state index < -0.39 is 0 Å². The lowest BCUT2D eigenvalue weighted by Gasteiger charge is -1.88. The summed E-state index contributed by atoms with van der Waals surface area (Å²) in [6.45, 7) is 0. The Kier molecular flexibility index (Phi) is 1.86. The van der Waals surface area contributed by atoms with E-state index in [0.29, 0.717) is 0 Å². The van der Waals surface area contributed by atoms with Gasteiger partial charge in [-0.05, 0) is 0 Å². The van der Waals surface area contributed by atoms with Gasteiger partial charge in [-0.25, -0.2) is 0 Å². The molecule has 0 aliphatic carbocycles. The summed E-state index contributed by atoms with van der Waals surface area (Å²) >= 11 is 0. The van der Waals surface area contributed by atoms with E-state index in [1.807, 2.05) is 0 Å². The maximum atomic E-state index is 8.69. The molecule has 0 N–H and O–H groups in total. The molecule has 0 amide bonds. The lowest BCUT2D eigenvalue weighted by Crippen LogP contribution is -1.93. The first kappa shape index (κ1) is 3.27. The van der Waals surface area contributed by atoms with Crippen LogP contribution in [0.4, 0.5) is 0 Å². The van der Waals surface area contributed by atoms with Gasteiger partial charge in [0.2, 0.25) is 0 Å². The van der Waals surface area contributed by atoms with Gasteiger partial charge < -0.3 is 15.5 Å². The normalized spacial score (nSPS) is 9.00. The highest BCUT2D eigenvalue weighted by atomic mass is 16.5. The second-order valence-electron chi connectivity index (χ2n) is 0.211. The predicted molar refractivity (Wildman–Crippen MR) is 13.0 cm³/mol. The third-order valence-electron chi connectivity index (χ3n) is 0.0430. The first-order valence-electron chi connectivity index (χ1n) is 0.676. The molecule has 0 saturated heterocycles. The zero-order valence-electron chi connectivity index (χ0n) is 2.84. The van der Waals surface area contributed by atoms with Crippen molar-refractivity contribution in [2.75, 3.05) is 0 Å². The first-order valence-corrected chi connectivity index (χ1v) is 0.676. The van der Waals surface area contributed by atoms with Crippen molar-refractivity contribution in [1.29, 1.82) is 0 Å². The smallest absolute Gasteiger partial charge is 0.865 e. The summed E-state index contributed by atoms with van der Waals surface area (Å²) in [5, 5.41) is 19.1. The van der Waals surface area contributed by atoms with Gasteiger partial charge in [-0.1, -0.05) is 6.40 Å². The Hall–Kier alpha value is -0.730. The van der Waals surface area contributed by atoms with Gasteiger partial charge in [0.25, 0.3) is 0 Å². The second kappa shape index (κ2) is 2.27. The van der Waals surface area contributed by atoms with E-state index in [4.69, 9.17) is 10.3 Å². The molecule has 3 heteroatoms. The largest absolute Gasteiger partial charge is 1.00 e. The zero-order valence-corrected chi connectivity index (χ0v) is 1.84. The van der Waals surface area contributed by atoms with Crippen molar-refractivity contribution < 1.29 is 6.53 Å². The van der Waals surface area contributed by atoms with Gasteiger partial charge in [0, 0.05) is 0 Å². The van der Waals surface area contributed by atoms with Crippen molar-refractivity contribution in [3.63, 3.8) is 0 Å². The number of hydrogen-bond acceptors (Lipinski definition) is 3. The fraction of sp³-hybridized carbons (Fsp3) is 0. The Balaban J connectivity index is 0. The Bertz CT molecular complexity index is 24.8. The van der Waals surface area contributed by atoms with Crippen LogP contribution in [-0.2, 0) is 0 Å². The van der Waals surface area contributed by atoms with E-state index in [9.17, 15) is 0 Å². The van der Waals surface area contributed by atoms with Crippen molar-refractivity contribution in [2.24, 2.45) is 5.16 Å². The molecule has 0 aliphatic heterocycles. The minimum absolute atomic E-state index is 0. The fourth-order valence-electron chi connectivity index (χ4n) is 0. The molecule has 0 bridgehead atoms. The molecule has 0 atom stereocenters. The van der Waals surface area contributed by atoms with Crippen LogP contribution in [0.25, 0.3) is 0 Å². The van der Waals surface area contributed by atoms with E-state index >= 15 is 0 Å². The topological polar surface area (TPSA) is 58.5 Å². The van der Waals surface area contributed by atoms with E-state index in [1.54, 1.807) is 5.16 Å². The Morgan fingerprint density at radius 2 is 2.25 bits per heavy atom. The molecule has 0 unspecified atom stereocenters. The van der Waals surface area contributed by atoms with Crippen LogP contribution in [-0.4, -0.2) is 6.40 Å². The zero-order chi connectivity index (χ0) is 3.41. The van der Waals surface area contributed by atoms with Gasteiger partial charge in [-0.2, -0.15) is 0 Å². The molecule has 0 spiro atoms. The number of nitrogens with zero attached hydrogens (tertiary/aromatic N) is 1. The molecule has 0 aromatic heterocycles. The molecule has 0 aliphatic rings. The van der Waals surface area contributed by atoms with Gasteiger partial charge in [0.05, 0.1) is 0 Å². The average molecular weight is 60.0 g/mol. The van der Waals surface area contributed by atoms with Crippen LogP contribution in [0.15, 0.2) is 5.16 Å². The summed E-state index contributed by atoms with van der Waals surface area (Å²) in [5.41, 5.74) is 0. The number of rotatable bonds is 0. The molecular weight excluding hydrogens is 58.0 g/mol. The van der Waals surface area contributed by atoms with Gasteiger partial charge in [0.15, 0.2) is 0 Å². The Morgan fingerprint density at radius 3 is 2.25 bits per heavy atom. The minimum Gasteiger partial charge on any atom is -0.865 e. The highest BCUT2D eigenvalue weighted by Gasteiger charge is 1.05. The molecule has 3 nitrogen and oxygen atoms in total. The summed E-state index contributed by atoms with van der Waals surface area (Å²) in [4.78, 5) is 0. The van der Waals surface area contributed by atoms with E-state index in [-0.39, 0.29) is 7.83 Å². The van der Waals surface area contributed by atoms with Gasteiger partial charge in [-0.15, -0.1) is 0 Å².